The molecule has 2 heterocycles. The fourth-order valence-electron chi connectivity index (χ4n) is 2.61. The van der Waals surface area contributed by atoms with Gasteiger partial charge in [-0.1, -0.05) is 31.9 Å². The summed E-state index contributed by atoms with van der Waals surface area (Å²) in [5, 5.41) is 0. The zero-order chi connectivity index (χ0) is 15.3. The number of nitrogens with one attached hydrogen (secondary N) is 2. The van der Waals surface area contributed by atoms with Crippen LogP contribution in [-0.2, 0) is 0 Å². The predicted molar refractivity (Wildman–Crippen MR) is 90.3 cm³/mol. The third-order valence-electron chi connectivity index (χ3n) is 3.78. The van der Waals surface area contributed by atoms with Gasteiger partial charge in [0.15, 0.2) is 0 Å². The number of aromatic nitrogens is 2. The molecule has 0 aliphatic heterocycles. The molecule has 3 aromatic rings. The predicted octanol–water partition coefficient (Wildman–Crippen LogP) is 4.62. The van der Waals surface area contributed by atoms with E-state index in [4.69, 9.17) is 4.42 Å². The summed E-state index contributed by atoms with van der Waals surface area (Å²) >= 11 is 7.34. The summed E-state index contributed by atoms with van der Waals surface area (Å²) in [6, 6.07) is 3.88. The van der Waals surface area contributed by atoms with Crippen LogP contribution in [0.25, 0.3) is 11.0 Å². The summed E-state index contributed by atoms with van der Waals surface area (Å²) in [4.78, 5) is 17.0. The summed E-state index contributed by atoms with van der Waals surface area (Å²) in [7, 11) is 0. The van der Waals surface area contributed by atoms with Crippen LogP contribution < -0.4 is 5.69 Å². The lowest BCUT2D eigenvalue weighted by atomic mass is 10.0. The lowest BCUT2D eigenvalue weighted by molar-refractivity contribution is 0.500. The first kappa shape index (κ1) is 14.7. The van der Waals surface area contributed by atoms with Gasteiger partial charge in [-0.25, -0.2) is 4.79 Å². The van der Waals surface area contributed by atoms with E-state index >= 15 is 0 Å². The minimum atomic E-state index is -0.202. The third kappa shape index (κ3) is 2.40. The van der Waals surface area contributed by atoms with Crippen LogP contribution in [0.2, 0.25) is 0 Å². The number of benzene rings is 1. The molecule has 0 saturated carbocycles. The maximum atomic E-state index is 11.4. The quantitative estimate of drug-likeness (QED) is 0.602. The Labute approximate surface area is 138 Å². The molecule has 3 rings (SSSR count). The first-order chi connectivity index (χ1) is 9.88. The van der Waals surface area contributed by atoms with E-state index in [2.05, 4.69) is 48.8 Å². The number of H-pyrrole nitrogens is 2. The number of aromatic amines is 2. The fourth-order valence-corrected chi connectivity index (χ4v) is 4.53. The number of furan rings is 1. The smallest absolute Gasteiger partial charge is 0.323 e. The zero-order valence-electron chi connectivity index (χ0n) is 11.8. The first-order valence-electron chi connectivity index (χ1n) is 6.50. The van der Waals surface area contributed by atoms with Crippen molar-refractivity contribution >= 4 is 42.9 Å². The summed E-state index contributed by atoms with van der Waals surface area (Å²) in [6.07, 6.45) is 0. The minimum absolute atomic E-state index is 0.00729. The van der Waals surface area contributed by atoms with Crippen LogP contribution in [0.1, 0.15) is 33.0 Å². The van der Waals surface area contributed by atoms with Gasteiger partial charge in [0, 0.05) is 10.0 Å². The second-order valence-corrected chi connectivity index (χ2v) is 6.88. The van der Waals surface area contributed by atoms with Crippen molar-refractivity contribution < 1.29 is 4.42 Å². The number of imidazole rings is 1. The highest BCUT2D eigenvalue weighted by molar-refractivity contribution is 9.11. The SMILES string of the molecule is Cc1oc(C)c(C(Br)c2cc3[nH]c(=O)[nH]c3cc2Br)c1C. The van der Waals surface area contributed by atoms with E-state index in [0.29, 0.717) is 0 Å². The van der Waals surface area contributed by atoms with Crippen molar-refractivity contribution in [1.82, 2.24) is 9.97 Å². The number of halogens is 2. The van der Waals surface area contributed by atoms with Crippen molar-refractivity contribution in [3.05, 3.63) is 55.3 Å². The van der Waals surface area contributed by atoms with Crippen LogP contribution in [0, 0.1) is 20.8 Å². The van der Waals surface area contributed by atoms with Crippen LogP contribution in [0.5, 0.6) is 0 Å². The van der Waals surface area contributed by atoms with Crippen molar-refractivity contribution in [1.29, 1.82) is 0 Å². The van der Waals surface area contributed by atoms with E-state index in [1.807, 2.05) is 26.0 Å². The van der Waals surface area contributed by atoms with Crippen molar-refractivity contribution in [2.75, 3.05) is 0 Å². The van der Waals surface area contributed by atoms with Gasteiger partial charge in [0.25, 0.3) is 0 Å². The van der Waals surface area contributed by atoms with Crippen LogP contribution in [-0.4, -0.2) is 9.97 Å². The number of rotatable bonds is 2. The normalized spacial score (nSPS) is 13.0. The lowest BCUT2D eigenvalue weighted by Crippen LogP contribution is -1.99. The van der Waals surface area contributed by atoms with Crippen molar-refractivity contribution in [3.63, 3.8) is 0 Å². The van der Waals surface area contributed by atoms with Gasteiger partial charge in [0.2, 0.25) is 0 Å². The van der Waals surface area contributed by atoms with Gasteiger partial charge in [0.05, 0.1) is 15.9 Å². The molecule has 4 nitrogen and oxygen atoms in total. The number of hydrogen-bond donors (Lipinski definition) is 2. The largest absolute Gasteiger partial charge is 0.466 e. The molecule has 2 N–H and O–H groups in total. The van der Waals surface area contributed by atoms with E-state index in [1.54, 1.807) is 0 Å². The van der Waals surface area contributed by atoms with E-state index in [1.165, 1.54) is 0 Å². The maximum absolute atomic E-state index is 11.4. The molecule has 0 radical (unpaired) electrons. The molecule has 0 aliphatic rings. The molecule has 1 atom stereocenters. The number of fused-ring (bicyclic) bond motifs is 1. The molecule has 0 bridgehead atoms. The Kier molecular flexibility index (Phi) is 3.61. The van der Waals surface area contributed by atoms with Crippen LogP contribution >= 0.6 is 31.9 Å². The van der Waals surface area contributed by atoms with Gasteiger partial charge in [0.1, 0.15) is 11.5 Å². The molecule has 0 amide bonds. The summed E-state index contributed by atoms with van der Waals surface area (Å²) in [5.41, 5.74) is 4.69. The highest BCUT2D eigenvalue weighted by Gasteiger charge is 2.22. The molecule has 1 aromatic carbocycles. The molecule has 0 spiro atoms. The topological polar surface area (TPSA) is 61.8 Å². The Morgan fingerprint density at radius 2 is 1.71 bits per heavy atom. The standard InChI is InChI=1S/C15H14Br2N2O2/c1-6-7(2)21-8(3)13(6)14(17)9-4-11-12(5-10(9)16)19-15(20)18-11/h4-5,14H,1-3H3,(H2,18,19,20). The second-order valence-electron chi connectivity index (χ2n) is 5.11. The Hall–Kier alpha value is -1.27. The van der Waals surface area contributed by atoms with Crippen molar-refractivity contribution in [2.24, 2.45) is 0 Å². The van der Waals surface area contributed by atoms with Gasteiger partial charge in [-0.05, 0) is 44.0 Å². The van der Waals surface area contributed by atoms with Crippen LogP contribution in [0.15, 0.2) is 25.8 Å². The molecule has 0 aliphatic carbocycles. The summed E-state index contributed by atoms with van der Waals surface area (Å²) in [6.45, 7) is 5.99. The molecule has 1 unspecified atom stereocenters. The van der Waals surface area contributed by atoms with Crippen LogP contribution in [0.4, 0.5) is 0 Å². The minimum Gasteiger partial charge on any atom is -0.466 e. The molecular formula is C15H14Br2N2O2. The highest BCUT2D eigenvalue weighted by atomic mass is 79.9. The van der Waals surface area contributed by atoms with Gasteiger partial charge < -0.3 is 14.4 Å². The Balaban J connectivity index is 2.18. The Bertz CT molecular complexity index is 889. The molecule has 110 valence electrons. The molecular weight excluding hydrogens is 400 g/mol. The number of aryl methyl sites for hydroxylation is 2. The van der Waals surface area contributed by atoms with E-state index in [-0.39, 0.29) is 10.5 Å². The molecule has 0 fully saturated rings. The first-order valence-corrected chi connectivity index (χ1v) is 8.21. The van der Waals surface area contributed by atoms with Gasteiger partial charge in [-0.2, -0.15) is 0 Å². The monoisotopic (exact) mass is 412 g/mol. The fraction of sp³-hybridized carbons (Fsp3) is 0.267. The third-order valence-corrected chi connectivity index (χ3v) is 5.42. The molecule has 2 aromatic heterocycles. The summed E-state index contributed by atoms with van der Waals surface area (Å²) in [5.74, 6) is 1.83. The van der Waals surface area contributed by atoms with E-state index < -0.39 is 0 Å². The average Bonchev–Trinajstić information content (AvgIpc) is 2.87. The second kappa shape index (κ2) is 5.18. The number of hydrogen-bond acceptors (Lipinski definition) is 2. The highest BCUT2D eigenvalue weighted by Crippen LogP contribution is 2.41. The molecule has 0 saturated heterocycles. The molecule has 21 heavy (non-hydrogen) atoms. The van der Waals surface area contributed by atoms with E-state index in [0.717, 1.165) is 43.7 Å². The Morgan fingerprint density at radius 1 is 1.10 bits per heavy atom. The van der Waals surface area contributed by atoms with Crippen LogP contribution in [0.3, 0.4) is 0 Å². The molecule has 6 heteroatoms. The zero-order valence-corrected chi connectivity index (χ0v) is 15.0. The average molecular weight is 414 g/mol. The van der Waals surface area contributed by atoms with Gasteiger partial charge >= 0.3 is 5.69 Å². The van der Waals surface area contributed by atoms with Crippen molar-refractivity contribution in [2.45, 2.75) is 25.6 Å². The maximum Gasteiger partial charge on any atom is 0.323 e. The van der Waals surface area contributed by atoms with Gasteiger partial charge in [-0.3, -0.25) is 0 Å². The Morgan fingerprint density at radius 3 is 2.29 bits per heavy atom. The summed E-state index contributed by atoms with van der Waals surface area (Å²) < 4.78 is 6.65. The van der Waals surface area contributed by atoms with E-state index in [9.17, 15) is 4.79 Å². The van der Waals surface area contributed by atoms with Gasteiger partial charge in [-0.15, -0.1) is 0 Å². The lowest BCUT2D eigenvalue weighted by Gasteiger charge is -2.13. The van der Waals surface area contributed by atoms with Crippen molar-refractivity contribution in [3.8, 4) is 0 Å². The number of alkyl halides is 1.